The minimum atomic E-state index is -0.427. The number of anilines is 3. The van der Waals surface area contributed by atoms with Crippen molar-refractivity contribution in [1.82, 2.24) is 9.97 Å². The molecule has 0 aliphatic heterocycles. The van der Waals surface area contributed by atoms with Crippen molar-refractivity contribution in [2.24, 2.45) is 0 Å². The first-order chi connectivity index (χ1) is 12.5. The summed E-state index contributed by atoms with van der Waals surface area (Å²) < 4.78 is 12.9. The van der Waals surface area contributed by atoms with Crippen molar-refractivity contribution in [2.45, 2.75) is 6.54 Å². The highest BCUT2D eigenvalue weighted by Gasteiger charge is 2.13. The molecule has 0 saturated carbocycles. The van der Waals surface area contributed by atoms with Crippen LogP contribution in [-0.4, -0.2) is 15.9 Å². The molecule has 6 nitrogen and oxygen atoms in total. The molecule has 0 aliphatic carbocycles. The van der Waals surface area contributed by atoms with Gasteiger partial charge in [-0.2, -0.15) is 0 Å². The number of carbonyl (C=O) groups is 1. The highest BCUT2D eigenvalue weighted by Crippen LogP contribution is 2.21. The smallest absolute Gasteiger partial charge is 0.258 e. The number of amides is 1. The van der Waals surface area contributed by atoms with Gasteiger partial charge in [0.15, 0.2) is 0 Å². The van der Waals surface area contributed by atoms with Crippen LogP contribution in [0.25, 0.3) is 0 Å². The number of nitrogen functional groups attached to an aromatic ring is 1. The molecule has 0 saturated heterocycles. The Balaban J connectivity index is 1.66. The Morgan fingerprint density at radius 3 is 2.62 bits per heavy atom. The molecular weight excluding hydrogens is 357 g/mol. The third-order valence-corrected chi connectivity index (χ3v) is 3.86. The van der Waals surface area contributed by atoms with Crippen LogP contribution in [0, 0.1) is 5.82 Å². The Kier molecular flexibility index (Phi) is 5.28. The number of rotatable bonds is 5. The Labute approximate surface area is 154 Å². The zero-order chi connectivity index (χ0) is 18.5. The molecule has 3 rings (SSSR count). The van der Waals surface area contributed by atoms with Gasteiger partial charge in [-0.15, -0.1) is 0 Å². The highest BCUT2D eigenvalue weighted by molar-refractivity contribution is 6.33. The fourth-order valence-corrected chi connectivity index (χ4v) is 2.42. The molecule has 26 heavy (non-hydrogen) atoms. The first kappa shape index (κ1) is 17.6. The number of aromatic nitrogens is 2. The quantitative estimate of drug-likeness (QED) is 0.594. The van der Waals surface area contributed by atoms with E-state index >= 15 is 0 Å². The van der Waals surface area contributed by atoms with Gasteiger partial charge in [0.05, 0.1) is 11.3 Å². The van der Waals surface area contributed by atoms with Crippen LogP contribution in [0.5, 0.6) is 0 Å². The van der Waals surface area contributed by atoms with Crippen LogP contribution >= 0.6 is 11.6 Å². The molecule has 8 heteroatoms. The molecule has 132 valence electrons. The zero-order valence-corrected chi connectivity index (χ0v) is 14.3. The Hall–Kier alpha value is -3.19. The van der Waals surface area contributed by atoms with E-state index in [1.54, 1.807) is 36.4 Å². The first-order valence-electron chi connectivity index (χ1n) is 7.69. The summed E-state index contributed by atoms with van der Waals surface area (Å²) >= 11 is 5.91. The highest BCUT2D eigenvalue weighted by atomic mass is 35.5. The zero-order valence-electron chi connectivity index (χ0n) is 13.5. The van der Waals surface area contributed by atoms with Gasteiger partial charge in [0.1, 0.15) is 22.6 Å². The molecule has 0 fully saturated rings. The van der Waals surface area contributed by atoms with Crippen LogP contribution in [0.3, 0.4) is 0 Å². The summed E-state index contributed by atoms with van der Waals surface area (Å²) in [6, 6.07) is 12.6. The lowest BCUT2D eigenvalue weighted by Gasteiger charge is -2.11. The van der Waals surface area contributed by atoms with Gasteiger partial charge in [-0.25, -0.2) is 14.4 Å². The van der Waals surface area contributed by atoms with Crippen molar-refractivity contribution >= 4 is 34.8 Å². The van der Waals surface area contributed by atoms with Gasteiger partial charge in [0.25, 0.3) is 5.91 Å². The predicted octanol–water partition coefficient (Wildman–Crippen LogP) is 3.72. The fourth-order valence-electron chi connectivity index (χ4n) is 2.22. The number of nitrogens with two attached hydrogens (primary N) is 1. The van der Waals surface area contributed by atoms with Crippen molar-refractivity contribution in [3.8, 4) is 0 Å². The maximum atomic E-state index is 12.9. The second kappa shape index (κ2) is 7.79. The molecular formula is C18H15ClFN5O. The van der Waals surface area contributed by atoms with Gasteiger partial charge in [-0.05, 0) is 42.0 Å². The number of hydrogen-bond donors (Lipinski definition) is 3. The third-order valence-electron chi connectivity index (χ3n) is 3.56. The average molecular weight is 372 g/mol. The van der Waals surface area contributed by atoms with Gasteiger partial charge in [-0.3, -0.25) is 4.79 Å². The lowest BCUT2D eigenvalue weighted by Crippen LogP contribution is -2.15. The summed E-state index contributed by atoms with van der Waals surface area (Å²) in [7, 11) is 0. The third kappa shape index (κ3) is 4.25. The fraction of sp³-hybridized carbons (Fsp3) is 0.0556. The molecule has 1 aromatic carbocycles. The van der Waals surface area contributed by atoms with Crippen molar-refractivity contribution in [3.05, 3.63) is 76.8 Å². The van der Waals surface area contributed by atoms with Gasteiger partial charge in [-0.1, -0.05) is 23.7 Å². The molecule has 4 N–H and O–H groups in total. The first-order valence-corrected chi connectivity index (χ1v) is 8.07. The molecule has 2 heterocycles. The monoisotopic (exact) mass is 371 g/mol. The van der Waals surface area contributed by atoms with Crippen molar-refractivity contribution in [3.63, 3.8) is 0 Å². The van der Waals surface area contributed by atoms with Crippen LogP contribution in [0.1, 0.15) is 15.9 Å². The Morgan fingerprint density at radius 1 is 1.15 bits per heavy atom. The van der Waals surface area contributed by atoms with E-state index in [1.807, 2.05) is 0 Å². The van der Waals surface area contributed by atoms with E-state index in [9.17, 15) is 9.18 Å². The molecule has 0 aliphatic rings. The van der Waals surface area contributed by atoms with Crippen LogP contribution in [0.4, 0.5) is 21.7 Å². The van der Waals surface area contributed by atoms with Crippen molar-refractivity contribution in [1.29, 1.82) is 0 Å². The van der Waals surface area contributed by atoms with Crippen LogP contribution in [0.15, 0.2) is 54.7 Å². The lowest BCUT2D eigenvalue weighted by molar-refractivity contribution is 0.102. The second-order valence-electron chi connectivity index (χ2n) is 5.41. The van der Waals surface area contributed by atoms with Crippen LogP contribution < -0.4 is 16.4 Å². The molecule has 1 amide bonds. The summed E-state index contributed by atoms with van der Waals surface area (Å²) in [4.78, 5) is 20.3. The van der Waals surface area contributed by atoms with Crippen LogP contribution in [0.2, 0.25) is 5.15 Å². The van der Waals surface area contributed by atoms with Crippen molar-refractivity contribution in [2.75, 3.05) is 16.4 Å². The normalized spacial score (nSPS) is 10.4. The van der Waals surface area contributed by atoms with E-state index in [2.05, 4.69) is 20.6 Å². The standard InChI is InChI=1S/C18H15ClFN5O/c19-16-13(2-1-9-22-16)18(26)24-14-7-8-15(25-17(14)21)23-10-11-3-5-12(20)6-4-11/h1-9H,10H2,(H,24,26)(H3,21,23,25). The van der Waals surface area contributed by atoms with Gasteiger partial charge >= 0.3 is 0 Å². The number of halogens is 2. The van der Waals surface area contributed by atoms with E-state index in [0.29, 0.717) is 18.1 Å². The number of hydrogen-bond acceptors (Lipinski definition) is 5. The molecule has 0 unspecified atom stereocenters. The van der Waals surface area contributed by atoms with E-state index in [-0.39, 0.29) is 22.4 Å². The summed E-state index contributed by atoms with van der Waals surface area (Å²) in [6.07, 6.45) is 1.50. The average Bonchev–Trinajstić information content (AvgIpc) is 2.63. The molecule has 0 radical (unpaired) electrons. The molecule has 0 spiro atoms. The van der Waals surface area contributed by atoms with E-state index in [1.165, 1.54) is 18.3 Å². The molecule has 0 bridgehead atoms. The maximum Gasteiger partial charge on any atom is 0.258 e. The Morgan fingerprint density at radius 2 is 1.92 bits per heavy atom. The summed E-state index contributed by atoms with van der Waals surface area (Å²) in [5.74, 6) is -0.0275. The number of pyridine rings is 2. The number of benzene rings is 1. The second-order valence-corrected chi connectivity index (χ2v) is 5.76. The molecule has 3 aromatic rings. The minimum absolute atomic E-state index is 0.106. The number of nitrogens with zero attached hydrogens (tertiary/aromatic N) is 2. The largest absolute Gasteiger partial charge is 0.382 e. The molecule has 0 atom stereocenters. The van der Waals surface area contributed by atoms with E-state index in [0.717, 1.165) is 5.56 Å². The number of carbonyl (C=O) groups excluding carboxylic acids is 1. The van der Waals surface area contributed by atoms with E-state index < -0.39 is 5.91 Å². The summed E-state index contributed by atoms with van der Waals surface area (Å²) in [5.41, 5.74) is 7.41. The van der Waals surface area contributed by atoms with Gasteiger partial charge in [0, 0.05) is 12.7 Å². The van der Waals surface area contributed by atoms with Gasteiger partial charge < -0.3 is 16.4 Å². The lowest BCUT2D eigenvalue weighted by atomic mass is 10.2. The van der Waals surface area contributed by atoms with Crippen LogP contribution in [-0.2, 0) is 6.54 Å². The van der Waals surface area contributed by atoms with Crippen molar-refractivity contribution < 1.29 is 9.18 Å². The predicted molar refractivity (Wildman–Crippen MR) is 99.6 cm³/mol. The molecule has 2 aromatic heterocycles. The SMILES string of the molecule is Nc1nc(NCc2ccc(F)cc2)ccc1NC(=O)c1cccnc1Cl. The topological polar surface area (TPSA) is 92.9 Å². The van der Waals surface area contributed by atoms with Gasteiger partial charge in [0.2, 0.25) is 0 Å². The minimum Gasteiger partial charge on any atom is -0.382 e. The van der Waals surface area contributed by atoms with E-state index in [4.69, 9.17) is 17.3 Å². The summed E-state index contributed by atoms with van der Waals surface area (Å²) in [5, 5.41) is 5.85. The number of nitrogens with one attached hydrogen (secondary N) is 2. The maximum absolute atomic E-state index is 12.9. The summed E-state index contributed by atoms with van der Waals surface area (Å²) in [6.45, 7) is 0.462. The Bertz CT molecular complexity index is 933.